The number of carbonyl (C=O) groups excluding carboxylic acids is 2. The standard InChI is InChI=1S/C19H26F6O4/c1-12(8-14(3)18(20,21)22)10-28-15(26)6-7-16(27)29-11-13(2)9-17(4,5)19(23,24)25/h12-14H,8-11H2,1-5H3. The Morgan fingerprint density at radius 2 is 1.24 bits per heavy atom. The highest BCUT2D eigenvalue weighted by Crippen LogP contribution is 2.42. The topological polar surface area (TPSA) is 52.6 Å². The molecule has 0 fully saturated rings. The van der Waals surface area contributed by atoms with Crippen LogP contribution < -0.4 is 0 Å². The van der Waals surface area contributed by atoms with E-state index in [4.69, 9.17) is 4.74 Å². The average molecular weight is 432 g/mol. The molecule has 0 amide bonds. The summed E-state index contributed by atoms with van der Waals surface area (Å²) >= 11 is 0. The van der Waals surface area contributed by atoms with Crippen LogP contribution in [0.2, 0.25) is 0 Å². The lowest BCUT2D eigenvalue weighted by Crippen LogP contribution is -2.34. The van der Waals surface area contributed by atoms with Crippen molar-refractivity contribution in [1.82, 2.24) is 0 Å². The first-order valence-corrected chi connectivity index (χ1v) is 8.94. The number of alkyl halides is 6. The minimum atomic E-state index is -4.40. The molecule has 4 nitrogen and oxygen atoms in total. The van der Waals surface area contributed by atoms with Crippen LogP contribution in [0, 0.1) is 35.0 Å². The molecule has 0 heterocycles. The summed E-state index contributed by atoms with van der Waals surface area (Å²) in [5.74, 6) is -1.28. The Labute approximate surface area is 166 Å². The minimum Gasteiger partial charge on any atom is -0.456 e. The van der Waals surface area contributed by atoms with Crippen LogP contribution in [0.25, 0.3) is 0 Å². The Balaban J connectivity index is 4.35. The first kappa shape index (κ1) is 27.1. The zero-order valence-corrected chi connectivity index (χ0v) is 17.0. The van der Waals surface area contributed by atoms with E-state index in [1.807, 2.05) is 11.8 Å². The van der Waals surface area contributed by atoms with Crippen molar-refractivity contribution < 1.29 is 45.4 Å². The maximum atomic E-state index is 12.8. The van der Waals surface area contributed by atoms with Crippen molar-refractivity contribution in [2.24, 2.45) is 23.2 Å². The number of esters is 2. The van der Waals surface area contributed by atoms with Crippen molar-refractivity contribution in [2.45, 2.75) is 59.8 Å². The Morgan fingerprint density at radius 1 is 0.828 bits per heavy atom. The van der Waals surface area contributed by atoms with Crippen molar-refractivity contribution in [2.75, 3.05) is 13.2 Å². The summed E-state index contributed by atoms with van der Waals surface area (Å²) < 4.78 is 85.2. The summed E-state index contributed by atoms with van der Waals surface area (Å²) in [5, 5.41) is 0. The predicted octanol–water partition coefficient (Wildman–Crippen LogP) is 4.92. The van der Waals surface area contributed by atoms with Gasteiger partial charge in [0.15, 0.2) is 0 Å². The molecule has 0 aliphatic heterocycles. The fraction of sp³-hybridized carbons (Fsp3) is 0.789. The van der Waals surface area contributed by atoms with E-state index in [2.05, 4.69) is 4.74 Å². The fourth-order valence-electron chi connectivity index (χ4n) is 2.46. The second-order valence-corrected chi connectivity index (χ2v) is 7.92. The van der Waals surface area contributed by atoms with Gasteiger partial charge >= 0.3 is 24.3 Å². The quantitative estimate of drug-likeness (QED) is 0.237. The van der Waals surface area contributed by atoms with Crippen molar-refractivity contribution in [3.63, 3.8) is 0 Å². The normalized spacial score (nSPS) is 15.6. The number of ether oxygens (including phenoxy) is 2. The van der Waals surface area contributed by atoms with Crippen LogP contribution in [0.4, 0.5) is 26.3 Å². The summed E-state index contributed by atoms with van der Waals surface area (Å²) in [6.45, 7) is 5.44. The van der Waals surface area contributed by atoms with E-state index < -0.39 is 47.5 Å². The molecule has 0 aliphatic carbocycles. The second kappa shape index (κ2) is 10.7. The average Bonchev–Trinajstić information content (AvgIpc) is 2.53. The molecule has 0 aromatic heterocycles. The third kappa shape index (κ3) is 11.0. The highest BCUT2D eigenvalue weighted by molar-refractivity contribution is 5.98. The maximum absolute atomic E-state index is 12.8. The second-order valence-electron chi connectivity index (χ2n) is 7.92. The van der Waals surface area contributed by atoms with Crippen LogP contribution >= 0.6 is 0 Å². The molecule has 0 aliphatic rings. The van der Waals surface area contributed by atoms with Crippen LogP contribution in [-0.4, -0.2) is 37.5 Å². The monoisotopic (exact) mass is 432 g/mol. The highest BCUT2D eigenvalue weighted by atomic mass is 19.4. The minimum absolute atomic E-state index is 0.238. The van der Waals surface area contributed by atoms with Gasteiger partial charge in [0.25, 0.3) is 0 Å². The van der Waals surface area contributed by atoms with E-state index in [0.717, 1.165) is 20.8 Å². The zero-order chi connectivity index (χ0) is 23.0. The zero-order valence-electron chi connectivity index (χ0n) is 17.0. The summed E-state index contributed by atoms with van der Waals surface area (Å²) in [6.07, 6.45) is -9.25. The third-order valence-corrected chi connectivity index (χ3v) is 4.21. The molecule has 0 bridgehead atoms. The van der Waals surface area contributed by atoms with Gasteiger partial charge in [-0.25, -0.2) is 9.59 Å². The van der Waals surface area contributed by atoms with Gasteiger partial charge in [0, 0.05) is 11.8 Å². The number of hydrogen-bond acceptors (Lipinski definition) is 4. The van der Waals surface area contributed by atoms with Gasteiger partial charge in [-0.3, -0.25) is 0 Å². The molecular weight excluding hydrogens is 406 g/mol. The Bertz CT molecular complexity index is 613. The fourth-order valence-corrected chi connectivity index (χ4v) is 2.46. The molecule has 168 valence electrons. The van der Waals surface area contributed by atoms with Crippen LogP contribution in [0.5, 0.6) is 0 Å². The third-order valence-electron chi connectivity index (χ3n) is 4.21. The first-order valence-electron chi connectivity index (χ1n) is 8.94. The molecule has 0 radical (unpaired) electrons. The molecule has 0 rings (SSSR count). The lowest BCUT2D eigenvalue weighted by Gasteiger charge is -2.30. The summed E-state index contributed by atoms with van der Waals surface area (Å²) in [6, 6.07) is 0. The number of halogens is 6. The lowest BCUT2D eigenvalue weighted by atomic mass is 9.83. The smallest absolute Gasteiger partial charge is 0.393 e. The van der Waals surface area contributed by atoms with E-state index in [9.17, 15) is 35.9 Å². The predicted molar refractivity (Wildman–Crippen MR) is 92.3 cm³/mol. The Morgan fingerprint density at radius 3 is 1.62 bits per heavy atom. The molecular formula is C19H26F6O4. The summed E-state index contributed by atoms with van der Waals surface area (Å²) in [7, 11) is 0. The molecule has 0 aromatic rings. The number of rotatable bonds is 8. The first-order chi connectivity index (χ1) is 13.0. The van der Waals surface area contributed by atoms with Crippen LogP contribution in [0.3, 0.4) is 0 Å². The number of carbonyl (C=O) groups is 2. The largest absolute Gasteiger partial charge is 0.456 e. The number of hydrogen-bond donors (Lipinski definition) is 0. The lowest BCUT2D eigenvalue weighted by molar-refractivity contribution is -0.217. The van der Waals surface area contributed by atoms with Gasteiger partial charge in [0.05, 0.1) is 24.5 Å². The van der Waals surface area contributed by atoms with Crippen molar-refractivity contribution in [3.05, 3.63) is 0 Å². The van der Waals surface area contributed by atoms with Gasteiger partial charge in [0.1, 0.15) is 0 Å². The van der Waals surface area contributed by atoms with Crippen LogP contribution in [-0.2, 0) is 19.1 Å². The molecule has 0 N–H and O–H groups in total. The molecule has 0 aromatic carbocycles. The van der Waals surface area contributed by atoms with Gasteiger partial charge in [-0.15, -0.1) is 0 Å². The van der Waals surface area contributed by atoms with E-state index in [1.165, 1.54) is 13.8 Å². The molecule has 3 atom stereocenters. The van der Waals surface area contributed by atoms with Crippen LogP contribution in [0.1, 0.15) is 47.5 Å². The Hall–Kier alpha value is -1.92. The summed E-state index contributed by atoms with van der Waals surface area (Å²) in [4.78, 5) is 22.9. The highest BCUT2D eigenvalue weighted by Gasteiger charge is 2.47. The Kier molecular flexibility index (Phi) is 10.0. The van der Waals surface area contributed by atoms with Crippen molar-refractivity contribution >= 4 is 11.9 Å². The van der Waals surface area contributed by atoms with E-state index in [1.54, 1.807) is 0 Å². The van der Waals surface area contributed by atoms with Crippen LogP contribution in [0.15, 0.2) is 0 Å². The van der Waals surface area contributed by atoms with Gasteiger partial charge in [-0.1, -0.05) is 34.6 Å². The molecule has 29 heavy (non-hydrogen) atoms. The van der Waals surface area contributed by atoms with E-state index >= 15 is 0 Å². The van der Waals surface area contributed by atoms with Gasteiger partial charge in [-0.2, -0.15) is 26.3 Å². The molecule has 3 unspecified atom stereocenters. The SMILES string of the molecule is CC(COC(=O)C#CC(=O)OCC(C)CC(C)(C)C(F)(F)F)CC(C)C(F)(F)F. The van der Waals surface area contributed by atoms with Gasteiger partial charge in [0.2, 0.25) is 0 Å². The van der Waals surface area contributed by atoms with Gasteiger partial charge in [-0.05, 0) is 24.7 Å². The molecule has 0 saturated heterocycles. The molecule has 10 heteroatoms. The molecule has 0 saturated carbocycles. The van der Waals surface area contributed by atoms with Gasteiger partial charge < -0.3 is 9.47 Å². The maximum Gasteiger partial charge on any atom is 0.393 e. The van der Waals surface area contributed by atoms with E-state index in [-0.39, 0.29) is 26.1 Å². The van der Waals surface area contributed by atoms with E-state index in [0.29, 0.717) is 0 Å². The van der Waals surface area contributed by atoms with Crippen molar-refractivity contribution in [3.8, 4) is 11.8 Å². The molecule has 0 spiro atoms. The summed E-state index contributed by atoms with van der Waals surface area (Å²) in [5.41, 5.74) is -1.95. The van der Waals surface area contributed by atoms with Crippen molar-refractivity contribution in [1.29, 1.82) is 0 Å².